The highest BCUT2D eigenvalue weighted by Crippen LogP contribution is 2.17. The molecule has 18 heavy (non-hydrogen) atoms. The highest BCUT2D eigenvalue weighted by molar-refractivity contribution is 5.89. The molecule has 0 spiro atoms. The molecule has 0 radical (unpaired) electrons. The van der Waals surface area contributed by atoms with Crippen molar-refractivity contribution in [1.82, 2.24) is 15.5 Å². The molecule has 0 aromatic heterocycles. The molecule has 1 rings (SSSR count). The molecule has 102 valence electrons. The smallest absolute Gasteiger partial charge is 0.245 e. The summed E-state index contributed by atoms with van der Waals surface area (Å²) in [5.74, 6) is -0.365. The summed E-state index contributed by atoms with van der Waals surface area (Å²) in [4.78, 5) is 36.1. The highest BCUT2D eigenvalue weighted by atomic mass is 16.2. The van der Waals surface area contributed by atoms with Crippen LogP contribution in [0.25, 0.3) is 0 Å². The average molecular weight is 255 g/mol. The minimum absolute atomic E-state index is 0.156. The van der Waals surface area contributed by atoms with Crippen molar-refractivity contribution < 1.29 is 14.4 Å². The van der Waals surface area contributed by atoms with Crippen LogP contribution in [0.2, 0.25) is 0 Å². The van der Waals surface area contributed by atoms with Crippen LogP contribution >= 0.6 is 0 Å². The zero-order valence-corrected chi connectivity index (χ0v) is 10.9. The monoisotopic (exact) mass is 255 g/mol. The molecule has 1 fully saturated rings. The first kappa shape index (κ1) is 14.6. The van der Waals surface area contributed by atoms with Gasteiger partial charge in [0.2, 0.25) is 11.8 Å². The minimum Gasteiger partial charge on any atom is -0.343 e. The number of likely N-dealkylation sites (tertiary alicyclic amines) is 1. The quantitative estimate of drug-likeness (QED) is 0.615. The fraction of sp³-hybridized carbons (Fsp3) is 0.750. The Morgan fingerprint density at radius 2 is 2.22 bits per heavy atom. The van der Waals surface area contributed by atoms with E-state index in [1.54, 1.807) is 11.9 Å². The van der Waals surface area contributed by atoms with E-state index in [4.69, 9.17) is 0 Å². The summed E-state index contributed by atoms with van der Waals surface area (Å²) in [6.07, 6.45) is 2.90. The van der Waals surface area contributed by atoms with Crippen LogP contribution in [0.5, 0.6) is 0 Å². The van der Waals surface area contributed by atoms with Gasteiger partial charge in [-0.2, -0.15) is 0 Å². The molecule has 2 amide bonds. The Kier molecular flexibility index (Phi) is 5.77. The molecule has 1 aliphatic heterocycles. The van der Waals surface area contributed by atoms with Gasteiger partial charge in [-0.05, 0) is 26.3 Å². The molecule has 0 aromatic rings. The molecule has 0 bridgehead atoms. The topological polar surface area (TPSA) is 78.5 Å². The lowest BCUT2D eigenvalue weighted by molar-refractivity contribution is -0.138. The zero-order valence-electron chi connectivity index (χ0n) is 10.9. The Morgan fingerprint density at radius 3 is 2.78 bits per heavy atom. The lowest BCUT2D eigenvalue weighted by Gasteiger charge is -2.26. The summed E-state index contributed by atoms with van der Waals surface area (Å²) in [7, 11) is 1.67. The average Bonchev–Trinajstić information content (AvgIpc) is 2.83. The number of likely N-dealkylation sites (N-methyl/N-ethyl adjacent to an activating group) is 1. The van der Waals surface area contributed by atoms with Gasteiger partial charge in [0.25, 0.3) is 0 Å². The van der Waals surface area contributed by atoms with Crippen LogP contribution in [-0.2, 0) is 14.4 Å². The molecule has 6 nitrogen and oxygen atoms in total. The van der Waals surface area contributed by atoms with Crippen molar-refractivity contribution in [3.8, 4) is 0 Å². The lowest BCUT2D eigenvalue weighted by Crippen LogP contribution is -2.51. The van der Waals surface area contributed by atoms with Gasteiger partial charge in [-0.15, -0.1) is 0 Å². The molecule has 6 heteroatoms. The van der Waals surface area contributed by atoms with Crippen LogP contribution < -0.4 is 10.6 Å². The van der Waals surface area contributed by atoms with E-state index < -0.39 is 6.04 Å². The van der Waals surface area contributed by atoms with Crippen LogP contribution in [0, 0.1) is 0 Å². The number of carbonyl (C=O) groups is 3. The van der Waals surface area contributed by atoms with Crippen LogP contribution in [0.15, 0.2) is 0 Å². The second-order valence-corrected chi connectivity index (χ2v) is 4.44. The number of aldehydes is 1. The summed E-state index contributed by atoms with van der Waals surface area (Å²) in [6, 6.07) is -0.862. The Labute approximate surface area is 107 Å². The number of amides is 2. The summed E-state index contributed by atoms with van der Waals surface area (Å²) < 4.78 is 0. The number of nitrogens with zero attached hydrogens (tertiary/aromatic N) is 1. The molecule has 1 aliphatic rings. The van der Waals surface area contributed by atoms with Crippen LogP contribution in [0.3, 0.4) is 0 Å². The maximum atomic E-state index is 12.2. The number of hydrogen-bond acceptors (Lipinski definition) is 4. The van der Waals surface area contributed by atoms with Gasteiger partial charge in [0, 0.05) is 6.54 Å². The minimum atomic E-state index is -0.536. The predicted molar refractivity (Wildman–Crippen MR) is 66.9 cm³/mol. The summed E-state index contributed by atoms with van der Waals surface area (Å²) in [5, 5.41) is 5.41. The van der Waals surface area contributed by atoms with E-state index in [9.17, 15) is 14.4 Å². The van der Waals surface area contributed by atoms with Gasteiger partial charge in [-0.3, -0.25) is 9.59 Å². The first-order chi connectivity index (χ1) is 8.63. The molecule has 0 saturated carbocycles. The van der Waals surface area contributed by atoms with Gasteiger partial charge in [-0.1, -0.05) is 6.92 Å². The van der Waals surface area contributed by atoms with E-state index in [1.807, 2.05) is 6.92 Å². The SMILES string of the molecule is CCC(NC(=O)CNC)C(=O)N1CCCC1C=O. The third kappa shape index (κ3) is 3.53. The predicted octanol–water partition coefficient (Wildman–Crippen LogP) is -0.709. The van der Waals surface area contributed by atoms with Gasteiger partial charge >= 0.3 is 0 Å². The molecule has 1 heterocycles. The van der Waals surface area contributed by atoms with Gasteiger partial charge < -0.3 is 20.3 Å². The van der Waals surface area contributed by atoms with E-state index in [-0.39, 0.29) is 24.4 Å². The molecular weight excluding hydrogens is 234 g/mol. The zero-order chi connectivity index (χ0) is 13.5. The molecular formula is C12H21N3O3. The summed E-state index contributed by atoms with van der Waals surface area (Å²) in [6.45, 7) is 2.62. The first-order valence-electron chi connectivity index (χ1n) is 6.33. The Morgan fingerprint density at radius 1 is 1.50 bits per heavy atom. The fourth-order valence-electron chi connectivity index (χ4n) is 2.15. The second kappa shape index (κ2) is 7.10. The van der Waals surface area contributed by atoms with Crippen LogP contribution in [0.4, 0.5) is 0 Å². The normalized spacial score (nSPS) is 20.6. The highest BCUT2D eigenvalue weighted by Gasteiger charge is 2.32. The Balaban J connectivity index is 2.61. The van der Waals surface area contributed by atoms with E-state index >= 15 is 0 Å². The molecule has 2 atom stereocenters. The third-order valence-corrected chi connectivity index (χ3v) is 3.12. The number of rotatable bonds is 6. The van der Waals surface area contributed by atoms with Crippen molar-refractivity contribution in [2.24, 2.45) is 0 Å². The van der Waals surface area contributed by atoms with Crippen LogP contribution in [-0.4, -0.2) is 55.2 Å². The molecule has 1 saturated heterocycles. The maximum absolute atomic E-state index is 12.2. The molecule has 0 aromatic carbocycles. The van der Waals surface area contributed by atoms with Gasteiger partial charge in [-0.25, -0.2) is 0 Å². The first-order valence-corrected chi connectivity index (χ1v) is 6.33. The third-order valence-electron chi connectivity index (χ3n) is 3.12. The van der Waals surface area contributed by atoms with Crippen molar-refractivity contribution >= 4 is 18.1 Å². The molecule has 2 unspecified atom stereocenters. The number of carbonyl (C=O) groups excluding carboxylic acids is 3. The number of hydrogen-bond donors (Lipinski definition) is 2. The Hall–Kier alpha value is -1.43. The molecule has 0 aliphatic carbocycles. The maximum Gasteiger partial charge on any atom is 0.245 e. The summed E-state index contributed by atoms with van der Waals surface area (Å²) in [5.41, 5.74) is 0. The molecule has 2 N–H and O–H groups in total. The fourth-order valence-corrected chi connectivity index (χ4v) is 2.15. The largest absolute Gasteiger partial charge is 0.343 e. The van der Waals surface area contributed by atoms with Gasteiger partial charge in [0.05, 0.1) is 12.6 Å². The lowest BCUT2D eigenvalue weighted by atomic mass is 10.1. The standard InChI is InChI=1S/C12H21N3O3/c1-3-10(14-11(17)7-13-2)12(18)15-6-4-5-9(15)8-16/h8-10,13H,3-7H2,1-2H3,(H,14,17). The van der Waals surface area contributed by atoms with Gasteiger partial charge in [0.15, 0.2) is 0 Å². The van der Waals surface area contributed by atoms with Crippen molar-refractivity contribution in [3.05, 3.63) is 0 Å². The van der Waals surface area contributed by atoms with E-state index in [0.29, 0.717) is 13.0 Å². The van der Waals surface area contributed by atoms with Crippen molar-refractivity contribution in [2.75, 3.05) is 20.1 Å². The second-order valence-electron chi connectivity index (χ2n) is 4.44. The van der Waals surface area contributed by atoms with Crippen molar-refractivity contribution in [2.45, 2.75) is 38.3 Å². The Bertz CT molecular complexity index is 320. The van der Waals surface area contributed by atoms with Crippen molar-refractivity contribution in [3.63, 3.8) is 0 Å². The van der Waals surface area contributed by atoms with Crippen LogP contribution in [0.1, 0.15) is 26.2 Å². The number of nitrogens with one attached hydrogen (secondary N) is 2. The van der Waals surface area contributed by atoms with E-state index in [0.717, 1.165) is 19.1 Å². The summed E-state index contributed by atoms with van der Waals surface area (Å²) >= 11 is 0. The van der Waals surface area contributed by atoms with E-state index in [2.05, 4.69) is 10.6 Å². The van der Waals surface area contributed by atoms with Gasteiger partial charge in [0.1, 0.15) is 12.3 Å². The van der Waals surface area contributed by atoms with Crippen molar-refractivity contribution in [1.29, 1.82) is 0 Å². The van der Waals surface area contributed by atoms with E-state index in [1.165, 1.54) is 0 Å².